The molecule has 0 saturated carbocycles. The summed E-state index contributed by atoms with van der Waals surface area (Å²) in [5.41, 5.74) is 0.307. The lowest BCUT2D eigenvalue weighted by atomic mass is 9.96. The quantitative estimate of drug-likeness (QED) is 0.758. The Hall–Kier alpha value is -1.59. The molecule has 1 aromatic rings. The van der Waals surface area contributed by atoms with Gasteiger partial charge in [0.25, 0.3) is 0 Å². The fraction of sp³-hybridized carbons (Fsp3) is 0.562. The highest BCUT2D eigenvalue weighted by Crippen LogP contribution is 2.26. The van der Waals surface area contributed by atoms with E-state index in [1.54, 1.807) is 0 Å². The number of hydrogen-bond acceptors (Lipinski definition) is 3. The average Bonchev–Trinajstić information content (AvgIpc) is 2.87. The molecule has 1 saturated heterocycles. The highest BCUT2D eigenvalue weighted by molar-refractivity contribution is 5.65. The molecule has 0 aromatic heterocycles. The number of likely N-dealkylation sites (tertiary alicyclic amines) is 1. The van der Waals surface area contributed by atoms with Crippen molar-refractivity contribution in [1.29, 1.82) is 0 Å². The van der Waals surface area contributed by atoms with E-state index in [1.165, 1.54) is 4.90 Å². The molecular weight excluding hydrogens is 270 g/mol. The van der Waals surface area contributed by atoms with Gasteiger partial charge >= 0.3 is 6.09 Å². The van der Waals surface area contributed by atoms with Gasteiger partial charge in [0.15, 0.2) is 0 Å². The van der Waals surface area contributed by atoms with Crippen molar-refractivity contribution < 1.29 is 19.7 Å². The SMILES string of the molecule is O=C(O)N1CCC(O)(CCCCOCc2ccccc2)C1. The molecule has 1 atom stereocenters. The third-order valence-electron chi connectivity index (χ3n) is 3.90. The summed E-state index contributed by atoms with van der Waals surface area (Å²) in [4.78, 5) is 12.1. The molecule has 21 heavy (non-hydrogen) atoms. The molecule has 1 fully saturated rings. The number of ether oxygens (including phenoxy) is 1. The number of nitrogens with zero attached hydrogens (tertiary/aromatic N) is 1. The van der Waals surface area contributed by atoms with Crippen LogP contribution in [0.3, 0.4) is 0 Å². The minimum absolute atomic E-state index is 0.229. The zero-order chi connectivity index (χ0) is 15.1. The molecule has 116 valence electrons. The van der Waals surface area contributed by atoms with E-state index in [2.05, 4.69) is 0 Å². The van der Waals surface area contributed by atoms with Gasteiger partial charge in [-0.1, -0.05) is 30.3 Å². The summed E-state index contributed by atoms with van der Waals surface area (Å²) in [5, 5.41) is 19.2. The molecule has 1 amide bonds. The Kier molecular flexibility index (Phi) is 5.59. The third kappa shape index (κ3) is 5.02. The Morgan fingerprint density at radius 3 is 2.71 bits per heavy atom. The normalized spacial score (nSPS) is 21.7. The van der Waals surface area contributed by atoms with E-state index in [-0.39, 0.29) is 6.54 Å². The van der Waals surface area contributed by atoms with Gasteiger partial charge in [-0.3, -0.25) is 0 Å². The van der Waals surface area contributed by atoms with Gasteiger partial charge in [0.1, 0.15) is 0 Å². The van der Waals surface area contributed by atoms with E-state index in [0.717, 1.165) is 18.4 Å². The Morgan fingerprint density at radius 2 is 2.05 bits per heavy atom. The first kappa shape index (κ1) is 15.8. The lowest BCUT2D eigenvalue weighted by Gasteiger charge is -2.22. The maximum Gasteiger partial charge on any atom is 0.407 e. The second kappa shape index (κ2) is 7.43. The molecule has 2 rings (SSSR count). The summed E-state index contributed by atoms with van der Waals surface area (Å²) < 4.78 is 5.59. The van der Waals surface area contributed by atoms with Gasteiger partial charge in [0.2, 0.25) is 0 Å². The van der Waals surface area contributed by atoms with E-state index < -0.39 is 11.7 Å². The predicted molar refractivity (Wildman–Crippen MR) is 79.1 cm³/mol. The maximum atomic E-state index is 10.8. The molecule has 0 aliphatic carbocycles. The van der Waals surface area contributed by atoms with Crippen molar-refractivity contribution in [2.45, 2.75) is 37.9 Å². The standard InChI is InChI=1S/C16H23NO4/c18-15(19)17-10-9-16(20,13-17)8-4-5-11-21-12-14-6-2-1-3-7-14/h1-3,6-7,20H,4-5,8-13H2,(H,18,19). The number of β-amino-alcohol motifs (C(OH)–C–C–N with tert-alkyl or cyclic N) is 1. The van der Waals surface area contributed by atoms with Crippen LogP contribution in [-0.2, 0) is 11.3 Å². The van der Waals surface area contributed by atoms with E-state index in [9.17, 15) is 9.90 Å². The van der Waals surface area contributed by atoms with Crippen molar-refractivity contribution in [3.63, 3.8) is 0 Å². The van der Waals surface area contributed by atoms with Crippen LogP contribution in [0.15, 0.2) is 30.3 Å². The second-order valence-corrected chi connectivity index (χ2v) is 5.67. The summed E-state index contributed by atoms with van der Waals surface area (Å²) in [6, 6.07) is 10.0. The number of amides is 1. The molecule has 5 heteroatoms. The maximum absolute atomic E-state index is 10.8. The molecule has 1 heterocycles. The number of aliphatic hydroxyl groups is 1. The fourth-order valence-corrected chi connectivity index (χ4v) is 2.65. The zero-order valence-corrected chi connectivity index (χ0v) is 12.2. The highest BCUT2D eigenvalue weighted by Gasteiger charge is 2.37. The zero-order valence-electron chi connectivity index (χ0n) is 12.2. The van der Waals surface area contributed by atoms with Crippen LogP contribution in [0, 0.1) is 0 Å². The molecule has 1 aliphatic heterocycles. The lowest BCUT2D eigenvalue weighted by Crippen LogP contribution is -2.35. The number of rotatable bonds is 7. The molecule has 0 spiro atoms. The van der Waals surface area contributed by atoms with Crippen LogP contribution < -0.4 is 0 Å². The van der Waals surface area contributed by atoms with Crippen LogP contribution in [-0.4, -0.2) is 46.5 Å². The van der Waals surface area contributed by atoms with Gasteiger partial charge in [0.05, 0.1) is 18.8 Å². The van der Waals surface area contributed by atoms with Crippen molar-refractivity contribution in [2.75, 3.05) is 19.7 Å². The fourth-order valence-electron chi connectivity index (χ4n) is 2.65. The molecule has 0 bridgehead atoms. The first-order valence-corrected chi connectivity index (χ1v) is 7.41. The van der Waals surface area contributed by atoms with Crippen LogP contribution in [0.1, 0.15) is 31.2 Å². The summed E-state index contributed by atoms with van der Waals surface area (Å²) in [7, 11) is 0. The topological polar surface area (TPSA) is 70.0 Å². The van der Waals surface area contributed by atoms with E-state index in [1.807, 2.05) is 30.3 Å². The van der Waals surface area contributed by atoms with Crippen molar-refractivity contribution in [3.8, 4) is 0 Å². The molecular formula is C16H23NO4. The van der Waals surface area contributed by atoms with Gasteiger partial charge in [-0.15, -0.1) is 0 Å². The summed E-state index contributed by atoms with van der Waals surface area (Å²) in [6.45, 7) is 1.93. The number of hydrogen-bond donors (Lipinski definition) is 2. The van der Waals surface area contributed by atoms with Crippen LogP contribution in [0.2, 0.25) is 0 Å². The minimum Gasteiger partial charge on any atom is -0.465 e. The minimum atomic E-state index is -0.947. The van der Waals surface area contributed by atoms with Crippen molar-refractivity contribution >= 4 is 6.09 Å². The third-order valence-corrected chi connectivity index (χ3v) is 3.90. The molecule has 0 radical (unpaired) electrons. The van der Waals surface area contributed by atoms with Gasteiger partial charge in [-0.25, -0.2) is 4.79 Å². The highest BCUT2D eigenvalue weighted by atomic mass is 16.5. The summed E-state index contributed by atoms with van der Waals surface area (Å²) in [6.07, 6.45) is 1.94. The Bertz CT molecular complexity index is 451. The number of carboxylic acid groups (broad SMARTS) is 1. The van der Waals surface area contributed by atoms with Crippen LogP contribution in [0.5, 0.6) is 0 Å². The summed E-state index contributed by atoms with van der Waals surface area (Å²) >= 11 is 0. The molecule has 1 aromatic carbocycles. The van der Waals surface area contributed by atoms with Gasteiger partial charge in [-0.05, 0) is 31.2 Å². The number of benzene rings is 1. The first-order chi connectivity index (χ1) is 10.1. The largest absolute Gasteiger partial charge is 0.465 e. The van der Waals surface area contributed by atoms with Crippen LogP contribution >= 0.6 is 0 Å². The van der Waals surface area contributed by atoms with Crippen molar-refractivity contribution in [2.24, 2.45) is 0 Å². The smallest absolute Gasteiger partial charge is 0.407 e. The first-order valence-electron chi connectivity index (χ1n) is 7.41. The van der Waals surface area contributed by atoms with Gasteiger partial charge < -0.3 is 19.8 Å². The van der Waals surface area contributed by atoms with Crippen molar-refractivity contribution in [1.82, 2.24) is 4.90 Å². The van der Waals surface area contributed by atoms with Crippen molar-refractivity contribution in [3.05, 3.63) is 35.9 Å². The predicted octanol–water partition coefficient (Wildman–Crippen LogP) is 2.49. The Balaban J connectivity index is 1.57. The average molecular weight is 293 g/mol. The molecule has 1 aliphatic rings. The molecule has 1 unspecified atom stereocenters. The number of unbranched alkanes of at least 4 members (excludes halogenated alkanes) is 1. The monoisotopic (exact) mass is 293 g/mol. The van der Waals surface area contributed by atoms with Crippen LogP contribution in [0.4, 0.5) is 4.79 Å². The Morgan fingerprint density at radius 1 is 1.29 bits per heavy atom. The second-order valence-electron chi connectivity index (χ2n) is 5.67. The van der Waals surface area contributed by atoms with E-state index in [4.69, 9.17) is 9.84 Å². The van der Waals surface area contributed by atoms with Gasteiger partial charge in [-0.2, -0.15) is 0 Å². The molecule has 5 nitrogen and oxygen atoms in total. The van der Waals surface area contributed by atoms with E-state index >= 15 is 0 Å². The summed E-state index contributed by atoms with van der Waals surface area (Å²) in [5.74, 6) is 0. The van der Waals surface area contributed by atoms with E-state index in [0.29, 0.717) is 32.6 Å². The van der Waals surface area contributed by atoms with Crippen LogP contribution in [0.25, 0.3) is 0 Å². The molecule has 2 N–H and O–H groups in total. The Labute approximate surface area is 125 Å². The number of carbonyl (C=O) groups is 1. The van der Waals surface area contributed by atoms with Gasteiger partial charge in [0, 0.05) is 13.2 Å². The lowest BCUT2D eigenvalue weighted by molar-refractivity contribution is 0.0345.